The minimum Gasteiger partial charge on any atom is -0.387 e. The lowest BCUT2D eigenvalue weighted by molar-refractivity contribution is 0.148. The second kappa shape index (κ2) is 7.76. The largest absolute Gasteiger partial charge is 0.387 e. The van der Waals surface area contributed by atoms with E-state index in [0.717, 1.165) is 17.9 Å². The van der Waals surface area contributed by atoms with Gasteiger partial charge in [-0.25, -0.2) is 0 Å². The predicted molar refractivity (Wildman–Crippen MR) is 75.5 cm³/mol. The first-order valence-corrected chi connectivity index (χ1v) is 5.80. The van der Waals surface area contributed by atoms with Crippen LogP contribution in [0.5, 0.6) is 0 Å². The van der Waals surface area contributed by atoms with Gasteiger partial charge in [-0.3, -0.25) is 10.4 Å². The maximum Gasteiger partial charge on any atom is 0.156 e. The molecule has 1 aliphatic rings. The van der Waals surface area contributed by atoms with E-state index < -0.39 is 6.10 Å². The second-order valence-corrected chi connectivity index (χ2v) is 4.48. The zero-order chi connectivity index (χ0) is 10.7. The van der Waals surface area contributed by atoms with Gasteiger partial charge in [0, 0.05) is 31.2 Å². The van der Waals surface area contributed by atoms with Gasteiger partial charge in [0.15, 0.2) is 5.17 Å². The summed E-state index contributed by atoms with van der Waals surface area (Å²) in [4.78, 5) is 5.80. The molecule has 0 aliphatic carbocycles. The van der Waals surface area contributed by atoms with Gasteiger partial charge in [0.1, 0.15) is 0 Å². The molecule has 7 heteroatoms. The van der Waals surface area contributed by atoms with Crippen LogP contribution in [0.4, 0.5) is 0 Å². The van der Waals surface area contributed by atoms with Gasteiger partial charge in [-0.05, 0) is 17.7 Å². The van der Waals surface area contributed by atoms with Crippen molar-refractivity contribution in [1.82, 2.24) is 9.88 Å². The van der Waals surface area contributed by atoms with Gasteiger partial charge in [0.25, 0.3) is 0 Å². The molecule has 0 aromatic carbocycles. The zero-order valence-corrected chi connectivity index (χ0v) is 11.5. The number of aliphatic hydroxyl groups is 1. The Morgan fingerprint density at radius 3 is 2.59 bits per heavy atom. The summed E-state index contributed by atoms with van der Waals surface area (Å²) in [6, 6.07) is 3.61. The highest BCUT2D eigenvalue weighted by atomic mass is 35.5. The predicted octanol–water partition coefficient (Wildman–Crippen LogP) is 1.94. The first-order chi connectivity index (χ1) is 7.27. The van der Waals surface area contributed by atoms with E-state index in [1.807, 2.05) is 4.90 Å². The van der Waals surface area contributed by atoms with Gasteiger partial charge in [0.2, 0.25) is 0 Å². The topological polar surface area (TPSA) is 60.2 Å². The highest BCUT2D eigenvalue weighted by Gasteiger charge is 2.20. The first-order valence-electron chi connectivity index (χ1n) is 4.81. The lowest BCUT2D eigenvalue weighted by Gasteiger charge is -2.20. The molecule has 1 aliphatic heterocycles. The number of halogens is 2. The lowest BCUT2D eigenvalue weighted by Crippen LogP contribution is -2.28. The number of nitrogens with one attached hydrogen (secondary N) is 1. The van der Waals surface area contributed by atoms with Gasteiger partial charge in [-0.1, -0.05) is 11.8 Å². The van der Waals surface area contributed by atoms with Crippen molar-refractivity contribution in [3.63, 3.8) is 0 Å². The van der Waals surface area contributed by atoms with Crippen molar-refractivity contribution in [2.45, 2.75) is 6.10 Å². The summed E-state index contributed by atoms with van der Waals surface area (Å²) in [6.45, 7) is 1.35. The van der Waals surface area contributed by atoms with Crippen molar-refractivity contribution in [3.05, 3.63) is 30.1 Å². The summed E-state index contributed by atoms with van der Waals surface area (Å²) in [7, 11) is 0. The van der Waals surface area contributed by atoms with E-state index in [2.05, 4.69) is 4.98 Å². The fourth-order valence-electron chi connectivity index (χ4n) is 1.52. The Labute approximate surface area is 117 Å². The van der Waals surface area contributed by atoms with Crippen molar-refractivity contribution in [3.8, 4) is 0 Å². The molecule has 2 N–H and O–H groups in total. The molecule has 0 saturated carbocycles. The van der Waals surface area contributed by atoms with Gasteiger partial charge < -0.3 is 10.0 Å². The Bertz CT molecular complexity index is 353. The van der Waals surface area contributed by atoms with Crippen LogP contribution in [-0.4, -0.2) is 39.0 Å². The van der Waals surface area contributed by atoms with Crippen LogP contribution in [0.3, 0.4) is 0 Å². The summed E-state index contributed by atoms with van der Waals surface area (Å²) >= 11 is 1.53. The molecule has 1 atom stereocenters. The molecular weight excluding hydrogens is 281 g/mol. The minimum absolute atomic E-state index is 0. The molecule has 0 amide bonds. The van der Waals surface area contributed by atoms with Crippen LogP contribution in [0.25, 0.3) is 0 Å². The van der Waals surface area contributed by atoms with E-state index >= 15 is 0 Å². The van der Waals surface area contributed by atoms with E-state index in [9.17, 15) is 5.11 Å². The molecule has 1 aromatic rings. The zero-order valence-electron chi connectivity index (χ0n) is 9.07. The normalized spacial score (nSPS) is 16.1. The van der Waals surface area contributed by atoms with Gasteiger partial charge in [-0.2, -0.15) is 0 Å². The molecule has 2 heterocycles. The van der Waals surface area contributed by atoms with E-state index in [4.69, 9.17) is 5.41 Å². The van der Waals surface area contributed by atoms with Crippen LogP contribution in [-0.2, 0) is 0 Å². The molecule has 4 nitrogen and oxygen atoms in total. The van der Waals surface area contributed by atoms with Crippen LogP contribution in [0.1, 0.15) is 11.7 Å². The van der Waals surface area contributed by atoms with Gasteiger partial charge in [0.05, 0.1) is 6.10 Å². The third-order valence-corrected chi connectivity index (χ3v) is 3.29. The smallest absolute Gasteiger partial charge is 0.156 e. The van der Waals surface area contributed by atoms with E-state index in [1.165, 1.54) is 11.8 Å². The maximum absolute atomic E-state index is 9.92. The molecule has 0 bridgehead atoms. The second-order valence-electron chi connectivity index (χ2n) is 3.40. The molecule has 1 unspecified atom stereocenters. The molecule has 17 heavy (non-hydrogen) atoms. The number of pyridine rings is 1. The Morgan fingerprint density at radius 2 is 2.06 bits per heavy atom. The minimum atomic E-state index is -0.535. The summed E-state index contributed by atoms with van der Waals surface area (Å²) in [6.07, 6.45) is 2.80. The Kier molecular flexibility index (Phi) is 7.54. The summed E-state index contributed by atoms with van der Waals surface area (Å²) in [5.74, 6) is 0.946. The Balaban J connectivity index is 0.00000128. The highest BCUT2D eigenvalue weighted by Crippen LogP contribution is 2.20. The number of aromatic nitrogens is 1. The summed E-state index contributed by atoms with van der Waals surface area (Å²) in [5, 5.41) is 18.1. The summed E-state index contributed by atoms with van der Waals surface area (Å²) < 4.78 is 0. The van der Waals surface area contributed by atoms with Crippen LogP contribution in [0.2, 0.25) is 0 Å². The molecule has 2 rings (SSSR count). The Morgan fingerprint density at radius 1 is 1.41 bits per heavy atom. The molecule has 1 fully saturated rings. The van der Waals surface area contributed by atoms with Crippen LogP contribution >= 0.6 is 36.6 Å². The molecular formula is C10H15Cl2N3OS. The van der Waals surface area contributed by atoms with Crippen molar-refractivity contribution in [1.29, 1.82) is 5.41 Å². The average molecular weight is 296 g/mol. The lowest BCUT2D eigenvalue weighted by atomic mass is 10.1. The summed E-state index contributed by atoms with van der Waals surface area (Å²) in [5.41, 5.74) is 0.856. The quantitative estimate of drug-likeness (QED) is 0.895. The highest BCUT2D eigenvalue weighted by molar-refractivity contribution is 8.14. The van der Waals surface area contributed by atoms with E-state index in [-0.39, 0.29) is 24.8 Å². The van der Waals surface area contributed by atoms with Crippen LogP contribution in [0, 0.1) is 5.41 Å². The van der Waals surface area contributed by atoms with Crippen molar-refractivity contribution in [2.24, 2.45) is 0 Å². The monoisotopic (exact) mass is 295 g/mol. The number of hydrogen-bond acceptors (Lipinski definition) is 4. The van der Waals surface area contributed by atoms with E-state index in [1.54, 1.807) is 24.5 Å². The number of rotatable bonds is 3. The third kappa shape index (κ3) is 4.35. The first kappa shape index (κ1) is 16.5. The number of β-amino-alcohol motifs (C(OH)–C–C–N with tert-alkyl or cyclic N) is 1. The van der Waals surface area contributed by atoms with Crippen molar-refractivity contribution in [2.75, 3.05) is 18.8 Å². The van der Waals surface area contributed by atoms with Gasteiger partial charge in [-0.15, -0.1) is 24.8 Å². The van der Waals surface area contributed by atoms with Crippen molar-refractivity contribution >= 4 is 41.7 Å². The average Bonchev–Trinajstić information content (AvgIpc) is 2.66. The van der Waals surface area contributed by atoms with Crippen LogP contribution < -0.4 is 0 Å². The molecule has 1 saturated heterocycles. The maximum atomic E-state index is 9.92. The number of thioether (sulfide) groups is 1. The number of nitrogens with zero attached hydrogens (tertiary/aromatic N) is 2. The number of hydrogen-bond donors (Lipinski definition) is 2. The van der Waals surface area contributed by atoms with E-state index in [0.29, 0.717) is 11.7 Å². The molecule has 0 radical (unpaired) electrons. The third-order valence-electron chi connectivity index (χ3n) is 2.37. The molecule has 1 aromatic heterocycles. The SMILES string of the molecule is Cl.Cl.N=C1SCCN1CC(O)c1ccncc1. The standard InChI is InChI=1S/C10H13N3OS.2ClH/c11-10-13(5-6-15-10)7-9(14)8-1-3-12-4-2-8;;/h1-4,9,11,14H,5-7H2;2*1H. The number of aliphatic hydroxyl groups excluding tert-OH is 1. The fraction of sp³-hybridized carbons (Fsp3) is 0.400. The molecule has 0 spiro atoms. The molecule has 96 valence electrons. The van der Waals surface area contributed by atoms with Crippen molar-refractivity contribution < 1.29 is 5.11 Å². The van der Waals surface area contributed by atoms with Gasteiger partial charge >= 0.3 is 0 Å². The number of amidine groups is 1. The Hall–Kier alpha value is -0.490. The fourth-order valence-corrected chi connectivity index (χ4v) is 2.37. The van der Waals surface area contributed by atoms with Crippen LogP contribution in [0.15, 0.2) is 24.5 Å².